The van der Waals surface area contributed by atoms with Gasteiger partial charge in [0.1, 0.15) is 5.75 Å². The van der Waals surface area contributed by atoms with E-state index in [-0.39, 0.29) is 22.9 Å². The fraction of sp³-hybridized carbons (Fsp3) is 0.200. The van der Waals surface area contributed by atoms with Crippen molar-refractivity contribution in [1.82, 2.24) is 4.72 Å². The molecule has 7 nitrogen and oxygen atoms in total. The molecule has 0 saturated heterocycles. The molecule has 0 aromatic heterocycles. The van der Waals surface area contributed by atoms with Crippen molar-refractivity contribution in [2.75, 3.05) is 0 Å². The quantitative estimate of drug-likeness (QED) is 0.595. The van der Waals surface area contributed by atoms with Crippen LogP contribution in [0.15, 0.2) is 47.4 Å². The third-order valence-electron chi connectivity index (χ3n) is 3.26. The Bertz CT molecular complexity index is 887. The fourth-order valence-corrected chi connectivity index (χ4v) is 3.36. The molecular weight excluding hydrogens is 358 g/mol. The topological polar surface area (TPSA) is 98.5 Å². The number of ether oxygens (including phenoxy) is 1. The number of halogens is 2. The lowest BCUT2D eigenvalue weighted by Gasteiger charge is -2.10. The van der Waals surface area contributed by atoms with E-state index < -0.39 is 21.6 Å². The summed E-state index contributed by atoms with van der Waals surface area (Å²) in [5.41, 5.74) is 0.385. The Morgan fingerprint density at radius 2 is 1.96 bits per heavy atom. The van der Waals surface area contributed by atoms with Crippen molar-refractivity contribution in [3.63, 3.8) is 0 Å². The Morgan fingerprint density at radius 3 is 2.60 bits per heavy atom. The minimum atomic E-state index is -4.02. The van der Waals surface area contributed by atoms with Crippen molar-refractivity contribution in [3.05, 3.63) is 63.7 Å². The number of rotatable bonds is 7. The molecule has 10 heteroatoms. The molecule has 0 bridgehead atoms. The highest BCUT2D eigenvalue weighted by Gasteiger charge is 2.20. The summed E-state index contributed by atoms with van der Waals surface area (Å²) in [6, 6.07) is 9.07. The standard InChI is InChI=1S/C15H14F2N2O5S/c1-10-5-6-12(19(20)21)8-14(10)25(22,23)18-9-11-3-2-4-13(7-11)24-15(16)17/h2-8,15,18H,9H2,1H3. The largest absolute Gasteiger partial charge is 0.435 e. The molecular formula is C15H14F2N2O5S. The van der Waals surface area contributed by atoms with Gasteiger partial charge in [-0.05, 0) is 30.2 Å². The van der Waals surface area contributed by atoms with Crippen LogP contribution in [0.3, 0.4) is 0 Å². The normalized spacial score (nSPS) is 11.5. The van der Waals surface area contributed by atoms with E-state index in [4.69, 9.17) is 0 Å². The second-order valence-corrected chi connectivity index (χ2v) is 6.79. The molecule has 134 valence electrons. The van der Waals surface area contributed by atoms with E-state index in [1.54, 1.807) is 0 Å². The molecule has 0 aliphatic carbocycles. The highest BCUT2D eigenvalue weighted by molar-refractivity contribution is 7.89. The summed E-state index contributed by atoms with van der Waals surface area (Å²) < 4.78 is 55.7. The molecule has 0 heterocycles. The molecule has 2 aromatic carbocycles. The molecule has 0 aliphatic heterocycles. The first-order valence-electron chi connectivity index (χ1n) is 6.97. The van der Waals surface area contributed by atoms with E-state index in [0.717, 1.165) is 6.07 Å². The Balaban J connectivity index is 2.20. The number of hydrogen-bond donors (Lipinski definition) is 1. The first-order chi connectivity index (χ1) is 11.7. The minimum Gasteiger partial charge on any atom is -0.435 e. The maximum atomic E-state index is 12.4. The number of benzene rings is 2. The zero-order valence-electron chi connectivity index (χ0n) is 13.0. The number of nitrogens with zero attached hydrogens (tertiary/aromatic N) is 1. The third kappa shape index (κ3) is 4.94. The average Bonchev–Trinajstić information content (AvgIpc) is 2.53. The van der Waals surface area contributed by atoms with Gasteiger partial charge in [-0.1, -0.05) is 18.2 Å². The van der Waals surface area contributed by atoms with Crippen molar-refractivity contribution >= 4 is 15.7 Å². The zero-order valence-corrected chi connectivity index (χ0v) is 13.8. The van der Waals surface area contributed by atoms with Crippen LogP contribution in [-0.4, -0.2) is 20.0 Å². The van der Waals surface area contributed by atoms with Gasteiger partial charge < -0.3 is 4.74 Å². The summed E-state index contributed by atoms with van der Waals surface area (Å²) in [6.07, 6.45) is 0. The number of aryl methyl sites for hydroxylation is 1. The number of hydrogen-bond acceptors (Lipinski definition) is 5. The molecule has 0 amide bonds. The van der Waals surface area contributed by atoms with Crippen LogP contribution in [-0.2, 0) is 16.6 Å². The van der Waals surface area contributed by atoms with Gasteiger partial charge in [-0.15, -0.1) is 0 Å². The highest BCUT2D eigenvalue weighted by Crippen LogP contribution is 2.22. The van der Waals surface area contributed by atoms with Crippen LogP contribution in [0.4, 0.5) is 14.5 Å². The molecule has 2 aromatic rings. The van der Waals surface area contributed by atoms with Gasteiger partial charge in [0.25, 0.3) is 5.69 Å². The number of nitro benzene ring substituents is 1. The molecule has 2 rings (SSSR count). The van der Waals surface area contributed by atoms with Gasteiger partial charge in [-0.25, -0.2) is 13.1 Å². The van der Waals surface area contributed by atoms with Crippen LogP contribution in [0.1, 0.15) is 11.1 Å². The molecule has 0 atom stereocenters. The predicted molar refractivity (Wildman–Crippen MR) is 84.9 cm³/mol. The lowest BCUT2D eigenvalue weighted by molar-refractivity contribution is -0.385. The molecule has 0 saturated carbocycles. The molecule has 0 unspecified atom stereocenters. The van der Waals surface area contributed by atoms with Crippen molar-refractivity contribution < 1.29 is 26.9 Å². The van der Waals surface area contributed by atoms with Crippen LogP contribution in [0.2, 0.25) is 0 Å². The van der Waals surface area contributed by atoms with Crippen LogP contribution < -0.4 is 9.46 Å². The molecule has 0 aliphatic rings. The van der Waals surface area contributed by atoms with Gasteiger partial charge in [0, 0.05) is 18.7 Å². The van der Waals surface area contributed by atoms with Crippen LogP contribution in [0.25, 0.3) is 0 Å². The summed E-state index contributed by atoms with van der Waals surface area (Å²) >= 11 is 0. The van der Waals surface area contributed by atoms with Crippen molar-refractivity contribution in [1.29, 1.82) is 0 Å². The van der Waals surface area contributed by atoms with Crippen LogP contribution in [0.5, 0.6) is 5.75 Å². The lowest BCUT2D eigenvalue weighted by atomic mass is 10.2. The van der Waals surface area contributed by atoms with E-state index in [1.165, 1.54) is 43.3 Å². The monoisotopic (exact) mass is 372 g/mol. The van der Waals surface area contributed by atoms with Crippen molar-refractivity contribution in [3.8, 4) is 5.75 Å². The third-order valence-corrected chi connectivity index (χ3v) is 4.81. The maximum Gasteiger partial charge on any atom is 0.387 e. The second-order valence-electron chi connectivity index (χ2n) is 5.06. The minimum absolute atomic E-state index is 0.0989. The van der Waals surface area contributed by atoms with E-state index in [2.05, 4.69) is 9.46 Å². The van der Waals surface area contributed by atoms with Crippen molar-refractivity contribution in [2.24, 2.45) is 0 Å². The predicted octanol–water partition coefficient (Wildman–Crippen LogP) is 2.98. The smallest absolute Gasteiger partial charge is 0.387 e. The fourth-order valence-electron chi connectivity index (χ4n) is 2.08. The molecule has 1 N–H and O–H groups in total. The summed E-state index contributed by atoms with van der Waals surface area (Å²) in [5, 5.41) is 10.8. The summed E-state index contributed by atoms with van der Waals surface area (Å²) in [6.45, 7) is -1.67. The number of alkyl halides is 2. The van der Waals surface area contributed by atoms with Gasteiger partial charge in [0.05, 0.1) is 9.82 Å². The van der Waals surface area contributed by atoms with Gasteiger partial charge in [0.15, 0.2) is 0 Å². The van der Waals surface area contributed by atoms with Crippen molar-refractivity contribution in [2.45, 2.75) is 25.0 Å². The summed E-state index contributed by atoms with van der Waals surface area (Å²) in [4.78, 5) is 9.90. The van der Waals surface area contributed by atoms with Crippen LogP contribution >= 0.6 is 0 Å². The van der Waals surface area contributed by atoms with E-state index in [0.29, 0.717) is 11.1 Å². The van der Waals surface area contributed by atoms with E-state index in [9.17, 15) is 27.3 Å². The number of non-ortho nitro benzene ring substituents is 1. The lowest BCUT2D eigenvalue weighted by Crippen LogP contribution is -2.24. The first kappa shape index (κ1) is 18.7. The Kier molecular flexibility index (Phi) is 5.65. The number of sulfonamides is 1. The average molecular weight is 372 g/mol. The second kappa shape index (κ2) is 7.53. The van der Waals surface area contributed by atoms with Gasteiger partial charge in [-0.2, -0.15) is 8.78 Å². The highest BCUT2D eigenvalue weighted by atomic mass is 32.2. The SMILES string of the molecule is Cc1ccc([N+](=O)[O-])cc1S(=O)(=O)NCc1cccc(OC(F)F)c1. The van der Waals surface area contributed by atoms with Gasteiger partial charge in [0.2, 0.25) is 10.0 Å². The Labute approximate surface area is 142 Å². The van der Waals surface area contributed by atoms with Gasteiger partial charge >= 0.3 is 6.61 Å². The zero-order chi connectivity index (χ0) is 18.6. The van der Waals surface area contributed by atoms with Crippen LogP contribution in [0, 0.1) is 17.0 Å². The first-order valence-corrected chi connectivity index (χ1v) is 8.46. The molecule has 25 heavy (non-hydrogen) atoms. The van der Waals surface area contributed by atoms with E-state index in [1.807, 2.05) is 0 Å². The molecule has 0 radical (unpaired) electrons. The molecule has 0 fully saturated rings. The maximum absolute atomic E-state index is 12.4. The molecule has 0 spiro atoms. The summed E-state index contributed by atoms with van der Waals surface area (Å²) in [5.74, 6) is -0.0989. The summed E-state index contributed by atoms with van der Waals surface area (Å²) in [7, 11) is -4.02. The number of nitro groups is 1. The van der Waals surface area contributed by atoms with Gasteiger partial charge in [-0.3, -0.25) is 10.1 Å². The Hall–Kier alpha value is -2.59. The number of nitrogens with one attached hydrogen (secondary N) is 1. The Morgan fingerprint density at radius 1 is 1.24 bits per heavy atom. The van der Waals surface area contributed by atoms with E-state index >= 15 is 0 Å².